The molecule has 0 spiro atoms. The molecule has 1 fully saturated rings. The van der Waals surface area contributed by atoms with Gasteiger partial charge in [0.2, 0.25) is 0 Å². The van der Waals surface area contributed by atoms with E-state index in [1.807, 2.05) is 0 Å². The SMILES string of the molecule is CC1CCCN(C(=O)NCCOCC(F)F)C1. The van der Waals surface area contributed by atoms with Gasteiger partial charge in [-0.15, -0.1) is 0 Å². The first kappa shape index (κ1) is 14.2. The largest absolute Gasteiger partial charge is 0.374 e. The Kier molecular flexibility index (Phi) is 6.18. The number of hydrogen-bond acceptors (Lipinski definition) is 2. The minimum Gasteiger partial charge on any atom is -0.374 e. The lowest BCUT2D eigenvalue weighted by molar-refractivity contribution is 0.0190. The monoisotopic (exact) mass is 250 g/mol. The maximum atomic E-state index is 11.7. The Morgan fingerprint density at radius 1 is 1.59 bits per heavy atom. The van der Waals surface area contributed by atoms with Crippen molar-refractivity contribution in [2.45, 2.75) is 26.2 Å². The Morgan fingerprint density at radius 3 is 3.00 bits per heavy atom. The highest BCUT2D eigenvalue weighted by Crippen LogP contribution is 2.14. The van der Waals surface area contributed by atoms with Gasteiger partial charge < -0.3 is 15.0 Å². The predicted octanol–water partition coefficient (Wildman–Crippen LogP) is 1.71. The molecular formula is C11H20F2N2O2. The van der Waals surface area contributed by atoms with Crippen molar-refractivity contribution < 1.29 is 18.3 Å². The van der Waals surface area contributed by atoms with E-state index in [2.05, 4.69) is 17.0 Å². The predicted molar refractivity (Wildman–Crippen MR) is 60.2 cm³/mol. The Labute approximate surface area is 100 Å². The average Bonchev–Trinajstić information content (AvgIpc) is 2.28. The molecule has 1 heterocycles. The molecule has 17 heavy (non-hydrogen) atoms. The Morgan fingerprint density at radius 2 is 2.35 bits per heavy atom. The van der Waals surface area contributed by atoms with Crippen LogP contribution in [0.5, 0.6) is 0 Å². The molecule has 4 nitrogen and oxygen atoms in total. The molecular weight excluding hydrogens is 230 g/mol. The number of amides is 2. The van der Waals surface area contributed by atoms with E-state index in [4.69, 9.17) is 0 Å². The summed E-state index contributed by atoms with van der Waals surface area (Å²) in [6.07, 6.45) is -0.272. The van der Waals surface area contributed by atoms with Crippen LogP contribution in [0, 0.1) is 5.92 Å². The molecule has 1 saturated heterocycles. The Bertz CT molecular complexity index is 240. The van der Waals surface area contributed by atoms with Gasteiger partial charge in [-0.3, -0.25) is 0 Å². The van der Waals surface area contributed by atoms with Crippen LogP contribution in [-0.2, 0) is 4.74 Å². The summed E-state index contributed by atoms with van der Waals surface area (Å²) in [5.41, 5.74) is 0. The third-order valence-corrected chi connectivity index (χ3v) is 2.71. The summed E-state index contributed by atoms with van der Waals surface area (Å²) in [6, 6.07) is -0.128. The molecule has 0 aromatic rings. The summed E-state index contributed by atoms with van der Waals surface area (Å²) >= 11 is 0. The lowest BCUT2D eigenvalue weighted by Gasteiger charge is -2.30. The molecule has 1 aliphatic rings. The van der Waals surface area contributed by atoms with Gasteiger partial charge in [0.05, 0.1) is 6.61 Å². The molecule has 1 N–H and O–H groups in total. The van der Waals surface area contributed by atoms with E-state index in [9.17, 15) is 13.6 Å². The van der Waals surface area contributed by atoms with Crippen molar-refractivity contribution in [2.75, 3.05) is 32.8 Å². The smallest absolute Gasteiger partial charge is 0.317 e. The third-order valence-electron chi connectivity index (χ3n) is 2.71. The maximum Gasteiger partial charge on any atom is 0.317 e. The zero-order valence-corrected chi connectivity index (χ0v) is 10.1. The number of nitrogens with one attached hydrogen (secondary N) is 1. The van der Waals surface area contributed by atoms with Crippen molar-refractivity contribution in [3.63, 3.8) is 0 Å². The van der Waals surface area contributed by atoms with Gasteiger partial charge in [-0.2, -0.15) is 0 Å². The standard InChI is InChI=1S/C11H20F2N2O2/c1-9-3-2-5-15(7-9)11(16)14-4-6-17-8-10(12)13/h9-10H,2-8H2,1H3,(H,14,16). The number of piperidine rings is 1. The highest BCUT2D eigenvalue weighted by Gasteiger charge is 2.20. The van der Waals surface area contributed by atoms with E-state index in [1.165, 1.54) is 0 Å². The lowest BCUT2D eigenvalue weighted by atomic mass is 10.0. The fourth-order valence-corrected chi connectivity index (χ4v) is 1.89. The number of urea groups is 1. The van der Waals surface area contributed by atoms with Crippen LogP contribution in [0.25, 0.3) is 0 Å². The van der Waals surface area contributed by atoms with E-state index < -0.39 is 13.0 Å². The summed E-state index contributed by atoms with van der Waals surface area (Å²) in [4.78, 5) is 13.4. The van der Waals surface area contributed by atoms with Crippen LogP contribution in [0.2, 0.25) is 0 Å². The number of hydrogen-bond donors (Lipinski definition) is 1. The van der Waals surface area contributed by atoms with E-state index in [-0.39, 0.29) is 19.2 Å². The van der Waals surface area contributed by atoms with Crippen molar-refractivity contribution in [3.05, 3.63) is 0 Å². The number of nitrogens with zero attached hydrogens (tertiary/aromatic N) is 1. The maximum absolute atomic E-state index is 11.7. The quantitative estimate of drug-likeness (QED) is 0.755. The summed E-state index contributed by atoms with van der Waals surface area (Å²) in [7, 11) is 0. The molecule has 1 unspecified atom stereocenters. The molecule has 0 aromatic carbocycles. The summed E-state index contributed by atoms with van der Waals surface area (Å²) in [5, 5.41) is 2.66. The van der Waals surface area contributed by atoms with Gasteiger partial charge in [-0.1, -0.05) is 6.92 Å². The fourth-order valence-electron chi connectivity index (χ4n) is 1.89. The molecule has 1 aliphatic heterocycles. The molecule has 0 radical (unpaired) electrons. The first-order chi connectivity index (χ1) is 8.09. The number of carbonyl (C=O) groups is 1. The van der Waals surface area contributed by atoms with Crippen molar-refractivity contribution in [1.82, 2.24) is 10.2 Å². The van der Waals surface area contributed by atoms with Crippen molar-refractivity contribution in [2.24, 2.45) is 5.92 Å². The highest BCUT2D eigenvalue weighted by atomic mass is 19.3. The second kappa shape index (κ2) is 7.42. The van der Waals surface area contributed by atoms with Gasteiger partial charge in [0.25, 0.3) is 6.43 Å². The molecule has 0 aromatic heterocycles. The van der Waals surface area contributed by atoms with Crippen LogP contribution in [0.4, 0.5) is 13.6 Å². The molecule has 6 heteroatoms. The normalized spacial score (nSPS) is 20.7. The van der Waals surface area contributed by atoms with Crippen LogP contribution in [0.15, 0.2) is 0 Å². The number of rotatable bonds is 5. The zero-order valence-electron chi connectivity index (χ0n) is 10.1. The van der Waals surface area contributed by atoms with Gasteiger partial charge in [-0.25, -0.2) is 13.6 Å². The molecule has 1 rings (SSSR count). The molecule has 100 valence electrons. The topological polar surface area (TPSA) is 41.6 Å². The van der Waals surface area contributed by atoms with Gasteiger partial charge in [0.15, 0.2) is 0 Å². The number of alkyl halides is 2. The van der Waals surface area contributed by atoms with E-state index >= 15 is 0 Å². The Hall–Kier alpha value is -0.910. The van der Waals surface area contributed by atoms with Gasteiger partial charge in [-0.05, 0) is 18.8 Å². The Balaban J connectivity index is 2.08. The lowest BCUT2D eigenvalue weighted by Crippen LogP contribution is -2.45. The minimum absolute atomic E-state index is 0.124. The third kappa shape index (κ3) is 5.81. The van der Waals surface area contributed by atoms with E-state index in [1.54, 1.807) is 4.90 Å². The second-order valence-electron chi connectivity index (χ2n) is 4.39. The number of carbonyl (C=O) groups excluding carboxylic acids is 1. The average molecular weight is 250 g/mol. The van der Waals surface area contributed by atoms with Gasteiger partial charge in [0.1, 0.15) is 6.61 Å². The molecule has 1 atom stereocenters. The first-order valence-corrected chi connectivity index (χ1v) is 5.98. The summed E-state index contributed by atoms with van der Waals surface area (Å²) in [6.45, 7) is 3.48. The van der Waals surface area contributed by atoms with Crippen molar-refractivity contribution in [1.29, 1.82) is 0 Å². The summed E-state index contributed by atoms with van der Waals surface area (Å²) < 4.78 is 28.1. The summed E-state index contributed by atoms with van der Waals surface area (Å²) in [5.74, 6) is 0.532. The fraction of sp³-hybridized carbons (Fsp3) is 0.909. The molecule has 0 aliphatic carbocycles. The van der Waals surface area contributed by atoms with Gasteiger partial charge in [0, 0.05) is 19.6 Å². The molecule has 2 amide bonds. The van der Waals surface area contributed by atoms with Crippen LogP contribution < -0.4 is 5.32 Å². The zero-order chi connectivity index (χ0) is 12.7. The van der Waals surface area contributed by atoms with Crippen LogP contribution in [-0.4, -0.2) is 50.2 Å². The second-order valence-corrected chi connectivity index (χ2v) is 4.39. The van der Waals surface area contributed by atoms with E-state index in [0.717, 1.165) is 25.9 Å². The number of ether oxygens (including phenoxy) is 1. The molecule has 0 bridgehead atoms. The van der Waals surface area contributed by atoms with Gasteiger partial charge >= 0.3 is 6.03 Å². The number of likely N-dealkylation sites (tertiary alicyclic amines) is 1. The minimum atomic E-state index is -2.45. The van der Waals surface area contributed by atoms with Crippen LogP contribution in [0.1, 0.15) is 19.8 Å². The van der Waals surface area contributed by atoms with Crippen LogP contribution in [0.3, 0.4) is 0 Å². The van der Waals surface area contributed by atoms with Crippen molar-refractivity contribution >= 4 is 6.03 Å². The molecule has 0 saturated carbocycles. The number of halogens is 2. The highest BCUT2D eigenvalue weighted by molar-refractivity contribution is 5.74. The van der Waals surface area contributed by atoms with Crippen LogP contribution >= 0.6 is 0 Å². The van der Waals surface area contributed by atoms with E-state index in [0.29, 0.717) is 5.92 Å². The first-order valence-electron chi connectivity index (χ1n) is 5.98. The van der Waals surface area contributed by atoms with Crippen molar-refractivity contribution in [3.8, 4) is 0 Å².